The van der Waals surface area contributed by atoms with Crippen molar-refractivity contribution in [2.24, 2.45) is 0 Å². The van der Waals surface area contributed by atoms with Crippen LogP contribution in [-0.4, -0.2) is 30.3 Å². The molecule has 2 aromatic rings. The molecule has 27 heavy (non-hydrogen) atoms. The van der Waals surface area contributed by atoms with E-state index in [1.165, 1.54) is 0 Å². The minimum atomic E-state index is -0.683. The van der Waals surface area contributed by atoms with Crippen LogP contribution in [-0.2, 0) is 9.59 Å². The third-order valence-electron chi connectivity index (χ3n) is 4.54. The number of amides is 3. The van der Waals surface area contributed by atoms with Gasteiger partial charge in [-0.15, -0.1) is 0 Å². The van der Waals surface area contributed by atoms with E-state index in [-0.39, 0.29) is 17.7 Å². The molecule has 1 heterocycles. The van der Waals surface area contributed by atoms with Gasteiger partial charge in [0.1, 0.15) is 6.04 Å². The molecule has 0 bridgehead atoms. The van der Waals surface area contributed by atoms with E-state index in [0.717, 1.165) is 24.2 Å². The zero-order chi connectivity index (χ0) is 19.4. The molecule has 6 heteroatoms. The normalized spacial score (nSPS) is 14.7. The first-order valence-corrected chi connectivity index (χ1v) is 9.03. The minimum absolute atomic E-state index is 0.124. The number of hydrogen-bond acceptors (Lipinski definition) is 3. The average molecular weight is 365 g/mol. The van der Waals surface area contributed by atoms with Gasteiger partial charge in [0.2, 0.25) is 11.8 Å². The molecule has 1 aliphatic rings. The molecule has 3 rings (SSSR count). The smallest absolute Gasteiger partial charge is 0.251 e. The van der Waals surface area contributed by atoms with Crippen LogP contribution >= 0.6 is 0 Å². The summed E-state index contributed by atoms with van der Waals surface area (Å²) in [5, 5.41) is 5.48. The van der Waals surface area contributed by atoms with Crippen LogP contribution in [0.4, 0.5) is 11.4 Å². The number of nitrogens with one attached hydrogen (secondary N) is 2. The van der Waals surface area contributed by atoms with Crippen LogP contribution in [0.1, 0.15) is 35.7 Å². The maximum atomic E-state index is 12.3. The maximum Gasteiger partial charge on any atom is 0.251 e. The Labute approximate surface area is 158 Å². The van der Waals surface area contributed by atoms with Gasteiger partial charge < -0.3 is 15.5 Å². The lowest BCUT2D eigenvalue weighted by molar-refractivity contribution is -0.118. The van der Waals surface area contributed by atoms with Crippen molar-refractivity contribution >= 4 is 29.1 Å². The number of anilines is 2. The standard InChI is InChI=1S/C21H23N3O3/c1-14-5-3-6-16(13-14)21(27)22-15(2)20(26)23-17-8-10-18(11-9-17)24-12-4-7-19(24)25/h3,5-6,8-11,13,15H,4,7,12H2,1-2H3,(H,22,27)(H,23,26)/t15-/m0/s1. The van der Waals surface area contributed by atoms with Gasteiger partial charge in [0.15, 0.2) is 0 Å². The molecule has 1 atom stereocenters. The van der Waals surface area contributed by atoms with Crippen molar-refractivity contribution in [3.05, 3.63) is 59.7 Å². The number of aryl methyl sites for hydroxylation is 1. The SMILES string of the molecule is Cc1cccc(C(=O)N[C@@H](C)C(=O)Nc2ccc(N3CCCC3=O)cc2)c1. The zero-order valence-corrected chi connectivity index (χ0v) is 15.5. The Kier molecular flexibility index (Phi) is 5.54. The second-order valence-corrected chi connectivity index (χ2v) is 6.75. The average Bonchev–Trinajstić information content (AvgIpc) is 3.08. The molecule has 1 aliphatic heterocycles. The molecule has 0 saturated carbocycles. The van der Waals surface area contributed by atoms with Crippen LogP contribution in [0.25, 0.3) is 0 Å². The van der Waals surface area contributed by atoms with E-state index in [1.807, 2.05) is 31.2 Å². The van der Waals surface area contributed by atoms with Crippen LogP contribution in [0.5, 0.6) is 0 Å². The summed E-state index contributed by atoms with van der Waals surface area (Å²) in [4.78, 5) is 38.1. The predicted molar refractivity (Wildman–Crippen MR) is 105 cm³/mol. The Morgan fingerprint density at radius 3 is 2.48 bits per heavy atom. The van der Waals surface area contributed by atoms with Crippen LogP contribution in [0.3, 0.4) is 0 Å². The van der Waals surface area contributed by atoms with Gasteiger partial charge in [0.25, 0.3) is 5.91 Å². The lowest BCUT2D eigenvalue weighted by Crippen LogP contribution is -2.41. The van der Waals surface area contributed by atoms with Crippen LogP contribution in [0.2, 0.25) is 0 Å². The largest absolute Gasteiger partial charge is 0.341 e. The number of carbonyl (C=O) groups is 3. The summed E-state index contributed by atoms with van der Waals surface area (Å²) in [6.45, 7) is 4.28. The molecule has 6 nitrogen and oxygen atoms in total. The Balaban J connectivity index is 1.57. The minimum Gasteiger partial charge on any atom is -0.341 e. The van der Waals surface area contributed by atoms with Gasteiger partial charge in [-0.3, -0.25) is 14.4 Å². The van der Waals surface area contributed by atoms with Crippen molar-refractivity contribution in [1.29, 1.82) is 0 Å². The van der Waals surface area contributed by atoms with Crippen molar-refractivity contribution in [3.8, 4) is 0 Å². The van der Waals surface area contributed by atoms with E-state index in [0.29, 0.717) is 17.7 Å². The second-order valence-electron chi connectivity index (χ2n) is 6.75. The van der Waals surface area contributed by atoms with Gasteiger partial charge in [-0.2, -0.15) is 0 Å². The molecule has 2 aromatic carbocycles. The summed E-state index contributed by atoms with van der Waals surface area (Å²) >= 11 is 0. The first-order valence-electron chi connectivity index (χ1n) is 9.03. The Bertz CT molecular complexity index is 861. The van der Waals surface area contributed by atoms with Crippen molar-refractivity contribution in [2.75, 3.05) is 16.8 Å². The van der Waals surface area contributed by atoms with Crippen molar-refractivity contribution in [1.82, 2.24) is 5.32 Å². The fraction of sp³-hybridized carbons (Fsp3) is 0.286. The summed E-state index contributed by atoms with van der Waals surface area (Å²) in [5.41, 5.74) is 2.95. The van der Waals surface area contributed by atoms with E-state index in [4.69, 9.17) is 0 Å². The summed E-state index contributed by atoms with van der Waals surface area (Å²) in [6, 6.07) is 13.7. The lowest BCUT2D eigenvalue weighted by Gasteiger charge is -2.17. The fourth-order valence-electron chi connectivity index (χ4n) is 3.03. The van der Waals surface area contributed by atoms with E-state index in [1.54, 1.807) is 36.1 Å². The monoisotopic (exact) mass is 365 g/mol. The lowest BCUT2D eigenvalue weighted by atomic mass is 10.1. The molecular weight excluding hydrogens is 342 g/mol. The molecule has 0 radical (unpaired) electrons. The zero-order valence-electron chi connectivity index (χ0n) is 15.5. The van der Waals surface area contributed by atoms with Crippen LogP contribution in [0.15, 0.2) is 48.5 Å². The third-order valence-corrected chi connectivity index (χ3v) is 4.54. The van der Waals surface area contributed by atoms with Gasteiger partial charge in [0, 0.05) is 29.9 Å². The van der Waals surface area contributed by atoms with Crippen molar-refractivity contribution in [3.63, 3.8) is 0 Å². The highest BCUT2D eigenvalue weighted by molar-refractivity contribution is 6.01. The molecule has 1 saturated heterocycles. The topological polar surface area (TPSA) is 78.5 Å². The Hall–Kier alpha value is -3.15. The number of carbonyl (C=O) groups excluding carboxylic acids is 3. The van der Waals surface area contributed by atoms with E-state index in [9.17, 15) is 14.4 Å². The van der Waals surface area contributed by atoms with Gasteiger partial charge in [-0.1, -0.05) is 17.7 Å². The Morgan fingerprint density at radius 2 is 1.85 bits per heavy atom. The van der Waals surface area contributed by atoms with Gasteiger partial charge in [-0.25, -0.2) is 0 Å². The van der Waals surface area contributed by atoms with Crippen LogP contribution in [0, 0.1) is 6.92 Å². The number of rotatable bonds is 5. The second kappa shape index (κ2) is 8.03. The van der Waals surface area contributed by atoms with Crippen molar-refractivity contribution in [2.45, 2.75) is 32.7 Å². The first-order chi connectivity index (χ1) is 12.9. The summed E-state index contributed by atoms with van der Waals surface area (Å²) in [5.74, 6) is -0.468. The highest BCUT2D eigenvalue weighted by Gasteiger charge is 2.22. The van der Waals surface area contributed by atoms with Gasteiger partial charge in [0.05, 0.1) is 0 Å². The van der Waals surface area contributed by atoms with Crippen molar-refractivity contribution < 1.29 is 14.4 Å². The molecule has 0 aromatic heterocycles. The fourth-order valence-corrected chi connectivity index (χ4v) is 3.03. The first kappa shape index (κ1) is 18.6. The van der Waals surface area contributed by atoms with Gasteiger partial charge >= 0.3 is 0 Å². The Morgan fingerprint density at radius 1 is 1.11 bits per heavy atom. The van der Waals surface area contributed by atoms with Gasteiger partial charge in [-0.05, 0) is 56.7 Å². The highest BCUT2D eigenvalue weighted by Crippen LogP contribution is 2.23. The van der Waals surface area contributed by atoms with E-state index in [2.05, 4.69) is 10.6 Å². The third kappa shape index (κ3) is 4.53. The highest BCUT2D eigenvalue weighted by atomic mass is 16.2. The quantitative estimate of drug-likeness (QED) is 0.855. The number of hydrogen-bond donors (Lipinski definition) is 2. The summed E-state index contributed by atoms with van der Waals surface area (Å²) < 4.78 is 0. The summed E-state index contributed by atoms with van der Waals surface area (Å²) in [7, 11) is 0. The molecule has 0 aliphatic carbocycles. The molecule has 0 unspecified atom stereocenters. The molecule has 0 spiro atoms. The predicted octanol–water partition coefficient (Wildman–Crippen LogP) is 2.88. The van der Waals surface area contributed by atoms with E-state index < -0.39 is 6.04 Å². The molecule has 1 fully saturated rings. The molecular formula is C21H23N3O3. The molecule has 140 valence electrons. The molecule has 2 N–H and O–H groups in total. The molecule has 3 amide bonds. The van der Waals surface area contributed by atoms with E-state index >= 15 is 0 Å². The number of nitrogens with zero attached hydrogens (tertiary/aromatic N) is 1. The maximum absolute atomic E-state index is 12.3. The number of benzene rings is 2. The summed E-state index contributed by atoms with van der Waals surface area (Å²) in [6.07, 6.45) is 1.45. The van der Waals surface area contributed by atoms with Crippen LogP contribution < -0.4 is 15.5 Å².